The Bertz CT molecular complexity index is 1350. The van der Waals surface area contributed by atoms with Crippen LogP contribution in [-0.2, 0) is 4.79 Å². The molecular weight excluding hydrogens is 488 g/mol. The molecule has 4 rings (SSSR count). The Morgan fingerprint density at radius 1 is 1.20 bits per heavy atom. The molecule has 0 spiro atoms. The van der Waals surface area contributed by atoms with E-state index in [1.807, 2.05) is 47.0 Å². The van der Waals surface area contributed by atoms with Crippen LogP contribution in [0.3, 0.4) is 0 Å². The van der Waals surface area contributed by atoms with Gasteiger partial charge in [0.1, 0.15) is 11.9 Å². The number of nitro groups is 1. The van der Waals surface area contributed by atoms with E-state index < -0.39 is 4.92 Å². The smallest absolute Gasteiger partial charge is 0.345 e. The molecule has 4 aromatic rings. The molecule has 0 aliphatic heterocycles. The minimum absolute atomic E-state index is 0.0258. The second-order valence-electron chi connectivity index (χ2n) is 7.68. The third-order valence-corrected chi connectivity index (χ3v) is 6.83. The van der Waals surface area contributed by atoms with Crippen molar-refractivity contribution in [2.75, 3.05) is 18.2 Å². The number of para-hydroxylation sites is 1. The number of nitrogens with one attached hydrogen (secondary N) is 1. The van der Waals surface area contributed by atoms with E-state index in [0.29, 0.717) is 11.0 Å². The number of ether oxygens (including phenoxy) is 1. The molecular formula is C23H22N6O4S2. The number of anilines is 1. The molecule has 12 heteroatoms. The zero-order chi connectivity index (χ0) is 24.9. The van der Waals surface area contributed by atoms with E-state index in [1.54, 1.807) is 7.11 Å². The van der Waals surface area contributed by atoms with Crippen molar-refractivity contribution in [1.82, 2.24) is 19.7 Å². The third kappa shape index (κ3) is 5.49. The topological polar surface area (TPSA) is 125 Å². The number of hydrogen-bond donors (Lipinski definition) is 1. The average molecular weight is 511 g/mol. The number of thiazole rings is 1. The monoisotopic (exact) mass is 510 g/mol. The Morgan fingerprint density at radius 2 is 1.94 bits per heavy atom. The fourth-order valence-electron chi connectivity index (χ4n) is 3.38. The number of aromatic nitrogens is 4. The fourth-order valence-corrected chi connectivity index (χ4v) is 4.77. The first-order chi connectivity index (χ1) is 16.9. The molecule has 35 heavy (non-hydrogen) atoms. The zero-order valence-electron chi connectivity index (χ0n) is 19.2. The maximum atomic E-state index is 12.5. The Morgan fingerprint density at radius 3 is 2.60 bits per heavy atom. The summed E-state index contributed by atoms with van der Waals surface area (Å²) < 4.78 is 7.22. The van der Waals surface area contributed by atoms with Crippen LogP contribution in [0, 0.1) is 10.1 Å². The van der Waals surface area contributed by atoms with Crippen molar-refractivity contribution >= 4 is 39.1 Å². The summed E-state index contributed by atoms with van der Waals surface area (Å²) in [4.78, 5) is 26.7. The number of methoxy groups -OCH3 is 1. The molecule has 0 bridgehead atoms. The number of hydrogen-bond acceptors (Lipinski definition) is 9. The third-order valence-electron chi connectivity index (χ3n) is 5.03. The van der Waals surface area contributed by atoms with Crippen LogP contribution in [0.15, 0.2) is 59.9 Å². The van der Waals surface area contributed by atoms with Crippen molar-refractivity contribution in [3.63, 3.8) is 0 Å². The van der Waals surface area contributed by atoms with Crippen LogP contribution in [-0.4, -0.2) is 43.4 Å². The van der Waals surface area contributed by atoms with Crippen molar-refractivity contribution in [3.8, 4) is 22.8 Å². The molecule has 0 radical (unpaired) electrons. The van der Waals surface area contributed by atoms with Crippen LogP contribution in [0.25, 0.3) is 17.1 Å². The number of carbonyl (C=O) groups excluding carboxylic acids is 1. The lowest BCUT2D eigenvalue weighted by molar-refractivity contribution is -0.380. The summed E-state index contributed by atoms with van der Waals surface area (Å²) in [5, 5.41) is 22.8. The van der Waals surface area contributed by atoms with Crippen molar-refractivity contribution in [2.45, 2.75) is 24.9 Å². The summed E-state index contributed by atoms with van der Waals surface area (Å²) >= 11 is 2.03. The van der Waals surface area contributed by atoms with Crippen molar-refractivity contribution in [3.05, 3.63) is 70.4 Å². The normalized spacial score (nSPS) is 11.0. The van der Waals surface area contributed by atoms with E-state index in [2.05, 4.69) is 40.4 Å². The molecule has 2 aromatic carbocycles. The number of thioether (sulfide) groups is 1. The van der Waals surface area contributed by atoms with Gasteiger partial charge < -0.3 is 10.1 Å². The first-order valence-electron chi connectivity index (χ1n) is 10.6. The quantitative estimate of drug-likeness (QED) is 0.186. The standard InChI is InChI=1S/C23H22N6O4S2/c1-14(2)17-6-4-5-7-18(17)28-21(15-8-10-16(33-3)11-9-15)26-27-23(28)34-13-19(30)25-22-24-12-20(35-22)29(31)32/h4-12,14H,13H2,1-3H3,(H,24,25,30). The molecule has 0 unspecified atom stereocenters. The van der Waals surface area contributed by atoms with E-state index in [4.69, 9.17) is 4.74 Å². The van der Waals surface area contributed by atoms with Gasteiger partial charge >= 0.3 is 5.00 Å². The molecule has 2 aromatic heterocycles. The first-order valence-corrected chi connectivity index (χ1v) is 12.4. The van der Waals surface area contributed by atoms with Crippen LogP contribution in [0.2, 0.25) is 0 Å². The molecule has 0 aliphatic rings. The lowest BCUT2D eigenvalue weighted by Crippen LogP contribution is -2.14. The molecule has 10 nitrogen and oxygen atoms in total. The Balaban J connectivity index is 1.64. The minimum Gasteiger partial charge on any atom is -0.497 e. The summed E-state index contributed by atoms with van der Waals surface area (Å²) in [6, 6.07) is 15.5. The number of amides is 1. The molecule has 0 saturated carbocycles. The fraction of sp³-hybridized carbons (Fsp3) is 0.217. The van der Waals surface area contributed by atoms with Gasteiger partial charge in [-0.1, -0.05) is 43.8 Å². The van der Waals surface area contributed by atoms with E-state index >= 15 is 0 Å². The summed E-state index contributed by atoms with van der Waals surface area (Å²) in [6.45, 7) is 4.23. The van der Waals surface area contributed by atoms with Gasteiger partial charge in [-0.05, 0) is 53.1 Å². The Hall–Kier alpha value is -3.77. The van der Waals surface area contributed by atoms with Crippen molar-refractivity contribution in [1.29, 1.82) is 0 Å². The highest BCUT2D eigenvalue weighted by Gasteiger charge is 2.21. The summed E-state index contributed by atoms with van der Waals surface area (Å²) in [5.41, 5.74) is 2.89. The van der Waals surface area contributed by atoms with E-state index in [1.165, 1.54) is 11.8 Å². The zero-order valence-corrected chi connectivity index (χ0v) is 20.8. The molecule has 0 atom stereocenters. The maximum Gasteiger partial charge on any atom is 0.345 e. The van der Waals surface area contributed by atoms with Gasteiger partial charge in [0.2, 0.25) is 5.91 Å². The van der Waals surface area contributed by atoms with Gasteiger partial charge in [0.25, 0.3) is 0 Å². The van der Waals surface area contributed by atoms with Gasteiger partial charge in [0.05, 0.1) is 23.5 Å². The predicted octanol–water partition coefficient (Wildman–Crippen LogP) is 5.16. The second-order valence-corrected chi connectivity index (χ2v) is 9.63. The van der Waals surface area contributed by atoms with Crippen molar-refractivity contribution in [2.24, 2.45) is 0 Å². The summed E-state index contributed by atoms with van der Waals surface area (Å²) in [5.74, 6) is 1.30. The van der Waals surface area contributed by atoms with Crippen LogP contribution >= 0.6 is 23.1 Å². The van der Waals surface area contributed by atoms with Gasteiger partial charge in [-0.2, -0.15) is 0 Å². The minimum atomic E-state index is -0.544. The molecule has 0 aliphatic carbocycles. The van der Waals surface area contributed by atoms with Gasteiger partial charge in [0.15, 0.2) is 16.1 Å². The SMILES string of the molecule is COc1ccc(-c2nnc(SCC(=O)Nc3ncc([N+](=O)[O-])s3)n2-c2ccccc2C(C)C)cc1. The van der Waals surface area contributed by atoms with Gasteiger partial charge in [-0.25, -0.2) is 4.98 Å². The number of carbonyl (C=O) groups is 1. The average Bonchev–Trinajstić information content (AvgIpc) is 3.50. The maximum absolute atomic E-state index is 12.5. The van der Waals surface area contributed by atoms with Crippen molar-refractivity contribution < 1.29 is 14.5 Å². The Kier molecular flexibility index (Phi) is 7.42. The van der Waals surface area contributed by atoms with Crippen LogP contribution < -0.4 is 10.1 Å². The molecule has 1 amide bonds. The highest BCUT2D eigenvalue weighted by atomic mass is 32.2. The van der Waals surface area contributed by atoms with Gasteiger partial charge in [0, 0.05) is 5.56 Å². The second kappa shape index (κ2) is 10.7. The van der Waals surface area contributed by atoms with E-state index in [0.717, 1.165) is 40.1 Å². The number of nitrogens with zero attached hydrogens (tertiary/aromatic N) is 5. The molecule has 0 saturated heterocycles. The van der Waals surface area contributed by atoms with Gasteiger partial charge in [-0.3, -0.25) is 19.5 Å². The summed E-state index contributed by atoms with van der Waals surface area (Å²) in [6.07, 6.45) is 1.12. The van der Waals surface area contributed by atoms with Gasteiger partial charge in [-0.15, -0.1) is 10.2 Å². The number of benzene rings is 2. The highest BCUT2D eigenvalue weighted by molar-refractivity contribution is 7.99. The summed E-state index contributed by atoms with van der Waals surface area (Å²) in [7, 11) is 1.61. The highest BCUT2D eigenvalue weighted by Crippen LogP contribution is 2.33. The largest absolute Gasteiger partial charge is 0.497 e. The van der Waals surface area contributed by atoms with Crippen LogP contribution in [0.5, 0.6) is 5.75 Å². The van der Waals surface area contributed by atoms with E-state index in [9.17, 15) is 14.9 Å². The van der Waals surface area contributed by atoms with Crippen LogP contribution in [0.4, 0.5) is 10.1 Å². The Labute approximate surface area is 209 Å². The lowest BCUT2D eigenvalue weighted by Gasteiger charge is -2.17. The molecule has 180 valence electrons. The first kappa shape index (κ1) is 24.4. The van der Waals surface area contributed by atoms with Crippen LogP contribution in [0.1, 0.15) is 25.3 Å². The predicted molar refractivity (Wildman–Crippen MR) is 136 cm³/mol. The van der Waals surface area contributed by atoms with E-state index in [-0.39, 0.29) is 27.7 Å². The molecule has 0 fully saturated rings. The molecule has 2 heterocycles. The molecule has 1 N–H and O–H groups in total. The lowest BCUT2D eigenvalue weighted by atomic mass is 10.0. The number of rotatable bonds is 9.